The molecule has 0 heterocycles. The van der Waals surface area contributed by atoms with Gasteiger partial charge in [-0.25, -0.2) is 4.79 Å². The number of rotatable bonds is 9. The summed E-state index contributed by atoms with van der Waals surface area (Å²) in [5, 5.41) is 18.7. The Labute approximate surface area is 135 Å². The van der Waals surface area contributed by atoms with E-state index in [1.54, 1.807) is 31.2 Å². The molecule has 0 aliphatic rings. The zero-order valence-corrected chi connectivity index (χ0v) is 13.4. The van der Waals surface area contributed by atoms with E-state index in [4.69, 9.17) is 9.84 Å². The van der Waals surface area contributed by atoms with Crippen LogP contribution in [0.15, 0.2) is 42.0 Å². The Hall–Kier alpha value is -2.56. The summed E-state index contributed by atoms with van der Waals surface area (Å²) in [6.45, 7) is 4.03. The third-order valence-corrected chi connectivity index (χ3v) is 3.17. The Morgan fingerprint density at radius 1 is 1.30 bits per heavy atom. The molecule has 5 heteroatoms. The summed E-state index contributed by atoms with van der Waals surface area (Å²) in [6, 6.07) is 4.94. The van der Waals surface area contributed by atoms with Gasteiger partial charge in [0, 0.05) is 18.4 Å². The van der Waals surface area contributed by atoms with Gasteiger partial charge < -0.3 is 14.9 Å². The van der Waals surface area contributed by atoms with Gasteiger partial charge in [0.2, 0.25) is 0 Å². The number of carbonyl (C=O) groups excluding carboxylic acids is 1. The summed E-state index contributed by atoms with van der Waals surface area (Å²) in [5.74, 6) is -0.782. The minimum Gasteiger partial charge on any atom is -0.504 e. The quantitative estimate of drug-likeness (QED) is 0.539. The van der Waals surface area contributed by atoms with E-state index in [0.29, 0.717) is 18.8 Å². The van der Waals surface area contributed by atoms with Crippen molar-refractivity contribution in [1.29, 1.82) is 0 Å². The molecule has 0 saturated heterocycles. The molecule has 1 aromatic carbocycles. The van der Waals surface area contributed by atoms with Crippen molar-refractivity contribution in [2.75, 3.05) is 6.61 Å². The number of ketones is 1. The number of hydrogen-bond acceptors (Lipinski definition) is 4. The molecule has 124 valence electrons. The number of carbonyl (C=O) groups is 2. The number of aryl methyl sites for hydroxylation is 1. The van der Waals surface area contributed by atoms with Gasteiger partial charge in [-0.3, -0.25) is 4.79 Å². The third-order valence-electron chi connectivity index (χ3n) is 3.17. The van der Waals surface area contributed by atoms with E-state index in [1.807, 2.05) is 6.92 Å². The second kappa shape index (κ2) is 9.46. The van der Waals surface area contributed by atoms with Crippen molar-refractivity contribution >= 4 is 11.8 Å². The molecule has 0 unspecified atom stereocenters. The highest BCUT2D eigenvalue weighted by atomic mass is 16.5. The molecule has 1 rings (SSSR count). The molecule has 0 aliphatic heterocycles. The number of Topliss-reactive ketones (excluding diaryl/α,β-unsaturated/α-hetero) is 1. The highest BCUT2D eigenvalue weighted by Crippen LogP contribution is 2.27. The fourth-order valence-electron chi connectivity index (χ4n) is 1.99. The summed E-state index contributed by atoms with van der Waals surface area (Å²) < 4.78 is 5.30. The highest BCUT2D eigenvalue weighted by Gasteiger charge is 2.12. The first kappa shape index (κ1) is 18.5. The number of carboxylic acid groups (broad SMARTS) is 1. The molecule has 0 spiro atoms. The predicted octanol–water partition coefficient (Wildman–Crippen LogP) is 3.27. The zero-order valence-electron chi connectivity index (χ0n) is 13.4. The Bertz CT molecular complexity index is 614. The van der Waals surface area contributed by atoms with E-state index in [-0.39, 0.29) is 29.9 Å². The fraction of sp³-hybridized carbons (Fsp3) is 0.333. The summed E-state index contributed by atoms with van der Waals surface area (Å²) >= 11 is 0. The Morgan fingerprint density at radius 2 is 2.04 bits per heavy atom. The smallest absolute Gasteiger partial charge is 0.332 e. The molecular weight excluding hydrogens is 296 g/mol. The fourth-order valence-corrected chi connectivity index (χ4v) is 1.99. The molecule has 1 aromatic rings. The van der Waals surface area contributed by atoms with Gasteiger partial charge >= 0.3 is 5.97 Å². The maximum atomic E-state index is 12.0. The highest BCUT2D eigenvalue weighted by molar-refractivity contribution is 5.95. The average Bonchev–Trinajstić information content (AvgIpc) is 2.52. The maximum Gasteiger partial charge on any atom is 0.332 e. The van der Waals surface area contributed by atoms with Crippen LogP contribution in [0.1, 0.15) is 32.3 Å². The number of hydrogen-bond donors (Lipinski definition) is 2. The van der Waals surface area contributed by atoms with Gasteiger partial charge in [-0.15, -0.1) is 0 Å². The number of aromatic hydroxyl groups is 1. The first-order valence-corrected chi connectivity index (χ1v) is 7.49. The van der Waals surface area contributed by atoms with Crippen molar-refractivity contribution in [3.8, 4) is 11.5 Å². The van der Waals surface area contributed by atoms with E-state index >= 15 is 0 Å². The van der Waals surface area contributed by atoms with Crippen LogP contribution in [0.2, 0.25) is 0 Å². The number of phenols is 1. The van der Waals surface area contributed by atoms with Crippen LogP contribution in [0, 0.1) is 0 Å². The molecule has 2 N–H and O–H groups in total. The normalized spacial score (nSPS) is 11.7. The van der Waals surface area contributed by atoms with Crippen molar-refractivity contribution in [3.63, 3.8) is 0 Å². The van der Waals surface area contributed by atoms with Crippen LogP contribution in [-0.4, -0.2) is 28.6 Å². The average molecular weight is 318 g/mol. The number of benzene rings is 1. The van der Waals surface area contributed by atoms with Crippen molar-refractivity contribution < 1.29 is 24.5 Å². The molecule has 0 aromatic heterocycles. The minimum absolute atomic E-state index is 0.0596. The summed E-state index contributed by atoms with van der Waals surface area (Å²) in [5.41, 5.74) is 0.933. The molecule has 23 heavy (non-hydrogen) atoms. The molecule has 0 bridgehead atoms. The summed E-state index contributed by atoms with van der Waals surface area (Å²) in [4.78, 5) is 23.0. The lowest BCUT2D eigenvalue weighted by Crippen LogP contribution is -2.08. The molecule has 0 saturated carbocycles. The van der Waals surface area contributed by atoms with Crippen molar-refractivity contribution in [3.05, 3.63) is 47.6 Å². The second-order valence-electron chi connectivity index (χ2n) is 4.97. The molecule has 0 radical (unpaired) electrons. The number of phenolic OH excluding ortho intramolecular Hbond substituents is 1. The van der Waals surface area contributed by atoms with Crippen LogP contribution in [-0.2, 0) is 16.0 Å². The van der Waals surface area contributed by atoms with Crippen molar-refractivity contribution in [2.24, 2.45) is 0 Å². The number of ether oxygens (including phenoxy) is 1. The van der Waals surface area contributed by atoms with Crippen molar-refractivity contribution in [2.45, 2.75) is 33.1 Å². The largest absolute Gasteiger partial charge is 0.504 e. The van der Waals surface area contributed by atoms with Gasteiger partial charge in [0.15, 0.2) is 11.5 Å². The van der Waals surface area contributed by atoms with Crippen LogP contribution in [0.25, 0.3) is 0 Å². The SMILES string of the molecule is C/C=C/C=C(\CC(=O)CCc1ccc(O)c(OCC)c1)C(=O)O. The van der Waals surface area contributed by atoms with Gasteiger partial charge in [-0.2, -0.15) is 0 Å². The minimum atomic E-state index is -1.08. The lowest BCUT2D eigenvalue weighted by atomic mass is 10.0. The van der Waals surface area contributed by atoms with E-state index in [2.05, 4.69) is 0 Å². The number of aliphatic carboxylic acids is 1. The van der Waals surface area contributed by atoms with Gasteiger partial charge in [0.05, 0.1) is 6.61 Å². The Kier molecular flexibility index (Phi) is 7.60. The Morgan fingerprint density at radius 3 is 2.65 bits per heavy atom. The molecule has 5 nitrogen and oxygen atoms in total. The van der Waals surface area contributed by atoms with Gasteiger partial charge in [-0.05, 0) is 38.0 Å². The summed E-state index contributed by atoms with van der Waals surface area (Å²) in [7, 11) is 0. The van der Waals surface area contributed by atoms with Gasteiger partial charge in [0.1, 0.15) is 5.78 Å². The maximum absolute atomic E-state index is 12.0. The molecular formula is C18H22O5. The predicted molar refractivity (Wildman–Crippen MR) is 87.8 cm³/mol. The Balaban J connectivity index is 2.65. The second-order valence-corrected chi connectivity index (χ2v) is 4.97. The lowest BCUT2D eigenvalue weighted by Gasteiger charge is -2.08. The number of allylic oxidation sites excluding steroid dienone is 3. The molecule has 0 aliphatic carbocycles. The van der Waals surface area contributed by atoms with E-state index in [0.717, 1.165) is 5.56 Å². The monoisotopic (exact) mass is 318 g/mol. The van der Waals surface area contributed by atoms with E-state index in [9.17, 15) is 14.7 Å². The van der Waals surface area contributed by atoms with E-state index < -0.39 is 5.97 Å². The van der Waals surface area contributed by atoms with Crippen LogP contribution in [0.4, 0.5) is 0 Å². The van der Waals surface area contributed by atoms with E-state index in [1.165, 1.54) is 12.1 Å². The van der Waals surface area contributed by atoms with Gasteiger partial charge in [0.25, 0.3) is 0 Å². The van der Waals surface area contributed by atoms with Gasteiger partial charge in [-0.1, -0.05) is 24.3 Å². The lowest BCUT2D eigenvalue weighted by molar-refractivity contribution is -0.133. The van der Waals surface area contributed by atoms with Crippen LogP contribution in [0.5, 0.6) is 11.5 Å². The summed E-state index contributed by atoms with van der Waals surface area (Å²) in [6.07, 6.45) is 5.35. The molecule has 0 amide bonds. The van der Waals surface area contributed by atoms with Crippen LogP contribution in [0.3, 0.4) is 0 Å². The topological polar surface area (TPSA) is 83.8 Å². The molecule has 0 atom stereocenters. The first-order chi connectivity index (χ1) is 11.0. The molecule has 0 fully saturated rings. The standard InChI is InChI=1S/C18H22O5/c1-3-5-6-14(18(21)22)12-15(19)9-7-13-8-10-16(20)17(11-13)23-4-2/h3,5-6,8,10-11,20H,4,7,9,12H2,1-2H3,(H,21,22)/b5-3+,14-6+. The van der Waals surface area contributed by atoms with Crippen LogP contribution < -0.4 is 4.74 Å². The number of carboxylic acids is 1. The first-order valence-electron chi connectivity index (χ1n) is 7.49. The van der Waals surface area contributed by atoms with Crippen molar-refractivity contribution in [1.82, 2.24) is 0 Å². The third kappa shape index (κ3) is 6.38. The zero-order chi connectivity index (χ0) is 17.2. The van der Waals surface area contributed by atoms with Crippen LogP contribution >= 0.6 is 0 Å².